The van der Waals surface area contributed by atoms with Gasteiger partial charge in [-0.15, -0.1) is 0 Å². The van der Waals surface area contributed by atoms with Crippen molar-refractivity contribution in [3.8, 4) is 5.75 Å². The number of ether oxygens (including phenoxy) is 1. The average molecular weight is 397 g/mol. The Morgan fingerprint density at radius 2 is 1.85 bits per heavy atom. The lowest BCUT2D eigenvalue weighted by atomic mass is 10.1. The largest absolute Gasteiger partial charge is 0.534 e. The summed E-state index contributed by atoms with van der Waals surface area (Å²) >= 11 is 0. The molecule has 2 rings (SSSR count). The Morgan fingerprint density at radius 3 is 2.38 bits per heavy atom. The van der Waals surface area contributed by atoms with Crippen LogP contribution in [0, 0.1) is 0 Å². The fourth-order valence-corrected chi connectivity index (χ4v) is 3.22. The molecule has 1 aromatic carbocycles. The van der Waals surface area contributed by atoms with Gasteiger partial charge in [0.2, 0.25) is 0 Å². The van der Waals surface area contributed by atoms with Crippen LogP contribution < -0.4 is 14.8 Å². The summed E-state index contributed by atoms with van der Waals surface area (Å²) in [6.07, 6.45) is 0. The SMILES string of the molecule is COCCN1CCN(c2cccc(OS(=O)(=O)C(F)(F)F)c2CN)CC1. The molecule has 0 aliphatic carbocycles. The number of hydrogen-bond donors (Lipinski definition) is 1. The van der Waals surface area contributed by atoms with Gasteiger partial charge in [-0.3, -0.25) is 4.90 Å². The molecule has 0 amide bonds. The predicted molar refractivity (Wildman–Crippen MR) is 90.5 cm³/mol. The molecule has 7 nitrogen and oxygen atoms in total. The molecule has 11 heteroatoms. The minimum absolute atomic E-state index is 0.150. The van der Waals surface area contributed by atoms with E-state index in [1.807, 2.05) is 4.90 Å². The number of halogens is 3. The van der Waals surface area contributed by atoms with E-state index in [0.717, 1.165) is 19.6 Å². The molecule has 1 aliphatic heterocycles. The summed E-state index contributed by atoms with van der Waals surface area (Å²) < 4.78 is 69.7. The van der Waals surface area contributed by atoms with E-state index in [1.54, 1.807) is 13.2 Å². The molecule has 0 spiro atoms. The molecule has 1 saturated heterocycles. The summed E-state index contributed by atoms with van der Waals surface area (Å²) in [5, 5.41) is 0. The smallest absolute Gasteiger partial charge is 0.383 e. The second-order valence-electron chi connectivity index (χ2n) is 5.76. The van der Waals surface area contributed by atoms with Gasteiger partial charge >= 0.3 is 15.6 Å². The van der Waals surface area contributed by atoms with Crippen LogP contribution in [0.25, 0.3) is 0 Å². The van der Waals surface area contributed by atoms with E-state index in [-0.39, 0.29) is 12.1 Å². The van der Waals surface area contributed by atoms with Gasteiger partial charge in [0.1, 0.15) is 5.75 Å². The van der Waals surface area contributed by atoms with Gasteiger partial charge in [0.15, 0.2) is 0 Å². The van der Waals surface area contributed by atoms with Crippen LogP contribution in [0.2, 0.25) is 0 Å². The van der Waals surface area contributed by atoms with E-state index in [1.165, 1.54) is 12.1 Å². The third kappa shape index (κ3) is 4.78. The molecule has 2 N–H and O–H groups in total. The summed E-state index contributed by atoms with van der Waals surface area (Å²) in [5.74, 6) is -0.399. The second kappa shape index (κ2) is 8.42. The van der Waals surface area contributed by atoms with E-state index >= 15 is 0 Å². The standard InChI is InChI=1S/C15H22F3N3O4S/c1-24-10-9-20-5-7-21(8-6-20)13-3-2-4-14(12(13)11-19)25-26(22,23)15(16,17)18/h2-4H,5-11,19H2,1H3. The molecule has 0 bridgehead atoms. The maximum atomic E-state index is 12.6. The Kier molecular flexibility index (Phi) is 6.72. The fourth-order valence-electron chi connectivity index (χ4n) is 2.73. The number of anilines is 1. The molecule has 1 fully saturated rings. The number of methoxy groups -OCH3 is 1. The second-order valence-corrected chi connectivity index (χ2v) is 7.30. The van der Waals surface area contributed by atoms with Crippen molar-refractivity contribution in [1.82, 2.24) is 4.90 Å². The molecule has 1 aromatic rings. The lowest BCUT2D eigenvalue weighted by molar-refractivity contribution is -0.0500. The quantitative estimate of drug-likeness (QED) is 0.546. The molecule has 26 heavy (non-hydrogen) atoms. The van der Waals surface area contributed by atoms with Crippen molar-refractivity contribution < 1.29 is 30.5 Å². The summed E-state index contributed by atoms with van der Waals surface area (Å²) in [4.78, 5) is 4.16. The van der Waals surface area contributed by atoms with Gasteiger partial charge in [-0.25, -0.2) is 0 Å². The normalized spacial score (nSPS) is 16.7. The van der Waals surface area contributed by atoms with Gasteiger partial charge in [-0.1, -0.05) is 6.07 Å². The Bertz CT molecular complexity index is 705. The van der Waals surface area contributed by atoms with Crippen molar-refractivity contribution in [1.29, 1.82) is 0 Å². The number of nitrogens with two attached hydrogens (primary N) is 1. The molecule has 1 aliphatic rings. The zero-order chi connectivity index (χ0) is 19.4. The van der Waals surface area contributed by atoms with E-state index in [2.05, 4.69) is 9.08 Å². The van der Waals surface area contributed by atoms with Gasteiger partial charge < -0.3 is 19.6 Å². The van der Waals surface area contributed by atoms with Crippen molar-refractivity contribution in [2.75, 3.05) is 51.3 Å². The highest BCUT2D eigenvalue weighted by atomic mass is 32.2. The average Bonchev–Trinajstić information content (AvgIpc) is 2.59. The minimum atomic E-state index is -5.75. The van der Waals surface area contributed by atoms with E-state index in [4.69, 9.17) is 10.5 Å². The van der Waals surface area contributed by atoms with Crippen LogP contribution in [-0.4, -0.2) is 65.3 Å². The topological polar surface area (TPSA) is 85.1 Å². The van der Waals surface area contributed by atoms with Crippen molar-refractivity contribution >= 4 is 15.8 Å². The van der Waals surface area contributed by atoms with Crippen LogP contribution in [0.5, 0.6) is 5.75 Å². The number of piperazine rings is 1. The summed E-state index contributed by atoms with van der Waals surface area (Å²) in [7, 11) is -4.12. The number of hydrogen-bond acceptors (Lipinski definition) is 7. The molecule has 0 aromatic heterocycles. The number of benzene rings is 1. The zero-order valence-electron chi connectivity index (χ0n) is 14.3. The highest BCUT2D eigenvalue weighted by Gasteiger charge is 2.48. The monoisotopic (exact) mass is 397 g/mol. The van der Waals surface area contributed by atoms with E-state index in [9.17, 15) is 21.6 Å². The Labute approximate surface area is 150 Å². The third-order valence-corrected chi connectivity index (χ3v) is 5.09. The molecule has 148 valence electrons. The first-order valence-corrected chi connectivity index (χ1v) is 9.39. The van der Waals surface area contributed by atoms with Gasteiger partial charge in [0.05, 0.1) is 6.61 Å². The first-order chi connectivity index (χ1) is 12.2. The predicted octanol–water partition coefficient (Wildman–Crippen LogP) is 1.14. The lowest BCUT2D eigenvalue weighted by Gasteiger charge is -2.37. The van der Waals surface area contributed by atoms with Gasteiger partial charge in [-0.2, -0.15) is 21.6 Å². The van der Waals surface area contributed by atoms with Crippen molar-refractivity contribution in [2.24, 2.45) is 5.73 Å². The number of nitrogens with zero attached hydrogens (tertiary/aromatic N) is 2. The maximum Gasteiger partial charge on any atom is 0.534 e. The summed E-state index contributed by atoms with van der Waals surface area (Å²) in [6, 6.07) is 4.32. The summed E-state index contributed by atoms with van der Waals surface area (Å²) in [5.41, 5.74) is 0.976. The minimum Gasteiger partial charge on any atom is -0.383 e. The molecular weight excluding hydrogens is 375 g/mol. The third-order valence-electron chi connectivity index (χ3n) is 4.12. The maximum absolute atomic E-state index is 12.6. The van der Waals surface area contributed by atoms with Crippen LogP contribution in [0.3, 0.4) is 0 Å². The Morgan fingerprint density at radius 1 is 1.19 bits per heavy atom. The van der Waals surface area contributed by atoms with Crippen LogP contribution in [0.1, 0.15) is 5.56 Å². The van der Waals surface area contributed by atoms with Crippen molar-refractivity contribution in [3.63, 3.8) is 0 Å². The molecule has 0 radical (unpaired) electrons. The van der Waals surface area contributed by atoms with Crippen molar-refractivity contribution in [2.45, 2.75) is 12.1 Å². The van der Waals surface area contributed by atoms with Crippen LogP contribution in [0.4, 0.5) is 18.9 Å². The van der Waals surface area contributed by atoms with Gasteiger partial charge in [0, 0.05) is 57.6 Å². The van der Waals surface area contributed by atoms with Crippen molar-refractivity contribution in [3.05, 3.63) is 23.8 Å². The molecular formula is C15H22F3N3O4S. The lowest BCUT2D eigenvalue weighted by Crippen LogP contribution is -2.47. The van der Waals surface area contributed by atoms with Crippen LogP contribution in [0.15, 0.2) is 18.2 Å². The number of alkyl halides is 3. The van der Waals surface area contributed by atoms with E-state index in [0.29, 0.717) is 25.4 Å². The Hall–Kier alpha value is -1.56. The fraction of sp³-hybridized carbons (Fsp3) is 0.600. The van der Waals surface area contributed by atoms with Crippen LogP contribution >= 0.6 is 0 Å². The zero-order valence-corrected chi connectivity index (χ0v) is 15.1. The summed E-state index contributed by atoms with van der Waals surface area (Å²) in [6.45, 7) is 4.02. The molecule has 0 unspecified atom stereocenters. The Balaban J connectivity index is 2.19. The highest BCUT2D eigenvalue weighted by Crippen LogP contribution is 2.34. The van der Waals surface area contributed by atoms with Crippen LogP contribution in [-0.2, 0) is 21.4 Å². The van der Waals surface area contributed by atoms with Gasteiger partial charge in [0.25, 0.3) is 0 Å². The van der Waals surface area contributed by atoms with E-state index < -0.39 is 21.4 Å². The number of rotatable bonds is 7. The first-order valence-electron chi connectivity index (χ1n) is 7.98. The molecule has 0 atom stereocenters. The first kappa shape index (κ1) is 20.7. The molecule has 0 saturated carbocycles. The highest BCUT2D eigenvalue weighted by molar-refractivity contribution is 7.88. The molecule has 1 heterocycles. The van der Waals surface area contributed by atoms with Gasteiger partial charge in [-0.05, 0) is 12.1 Å².